The molecule has 2 aromatic rings. The molecule has 136 valence electrons. The van der Waals surface area contributed by atoms with Gasteiger partial charge in [-0.25, -0.2) is 18.5 Å². The van der Waals surface area contributed by atoms with Gasteiger partial charge in [-0.1, -0.05) is 13.3 Å². The van der Waals surface area contributed by atoms with Crippen molar-refractivity contribution in [3.05, 3.63) is 38.8 Å². The number of aromatic nitrogens is 1. The van der Waals surface area contributed by atoms with Crippen LogP contribution in [0, 0.1) is 20.8 Å². The van der Waals surface area contributed by atoms with Gasteiger partial charge in [0.2, 0.25) is 10.0 Å². The summed E-state index contributed by atoms with van der Waals surface area (Å²) in [6.07, 6.45) is 2.95. The first-order valence-electron chi connectivity index (χ1n) is 8.05. The van der Waals surface area contributed by atoms with Crippen molar-refractivity contribution in [2.45, 2.75) is 51.9 Å². The Balaban J connectivity index is 2.32. The SMILES string of the molecule is CCCCc1nc(C)c(C(=O)Nc2cc(S(N)(=O)=O)cc(C)c2C)s1. The number of benzene rings is 1. The molecule has 0 saturated heterocycles. The van der Waals surface area contributed by atoms with Crippen LogP contribution in [0.3, 0.4) is 0 Å². The molecule has 0 aliphatic rings. The van der Waals surface area contributed by atoms with E-state index in [9.17, 15) is 13.2 Å². The van der Waals surface area contributed by atoms with Gasteiger partial charge in [0, 0.05) is 5.69 Å². The van der Waals surface area contributed by atoms with Crippen molar-refractivity contribution in [1.82, 2.24) is 4.98 Å². The highest BCUT2D eigenvalue weighted by Crippen LogP contribution is 2.26. The normalized spacial score (nSPS) is 11.6. The molecule has 6 nitrogen and oxygen atoms in total. The molecule has 25 heavy (non-hydrogen) atoms. The van der Waals surface area contributed by atoms with Crippen LogP contribution in [0.5, 0.6) is 0 Å². The van der Waals surface area contributed by atoms with E-state index in [0.717, 1.165) is 35.4 Å². The van der Waals surface area contributed by atoms with Gasteiger partial charge >= 0.3 is 0 Å². The lowest BCUT2D eigenvalue weighted by molar-refractivity contribution is 0.102. The van der Waals surface area contributed by atoms with Crippen LogP contribution in [0.15, 0.2) is 17.0 Å². The number of thiazole rings is 1. The molecule has 1 aromatic heterocycles. The number of hydrogen-bond acceptors (Lipinski definition) is 5. The van der Waals surface area contributed by atoms with Crippen LogP contribution in [0.2, 0.25) is 0 Å². The zero-order chi connectivity index (χ0) is 18.8. The topological polar surface area (TPSA) is 102 Å². The van der Waals surface area contributed by atoms with Crippen LogP contribution >= 0.6 is 11.3 Å². The van der Waals surface area contributed by atoms with Gasteiger partial charge in [-0.2, -0.15) is 0 Å². The first kappa shape index (κ1) is 19.6. The third-order valence-electron chi connectivity index (χ3n) is 4.01. The van der Waals surface area contributed by atoms with E-state index in [4.69, 9.17) is 5.14 Å². The highest BCUT2D eigenvalue weighted by Gasteiger charge is 2.18. The van der Waals surface area contributed by atoms with Crippen molar-refractivity contribution < 1.29 is 13.2 Å². The van der Waals surface area contributed by atoms with Gasteiger partial charge in [0.25, 0.3) is 5.91 Å². The fraction of sp³-hybridized carbons (Fsp3) is 0.412. The average Bonchev–Trinajstić information content (AvgIpc) is 2.89. The number of nitrogens with two attached hydrogens (primary N) is 1. The molecular weight excluding hydrogens is 358 g/mol. The third-order valence-corrected chi connectivity index (χ3v) is 6.12. The molecule has 8 heteroatoms. The lowest BCUT2D eigenvalue weighted by Gasteiger charge is -2.12. The Morgan fingerprint density at radius 2 is 1.96 bits per heavy atom. The molecule has 1 amide bonds. The third kappa shape index (κ3) is 4.65. The van der Waals surface area contributed by atoms with Crippen molar-refractivity contribution >= 4 is 33.0 Å². The number of nitrogens with zero attached hydrogens (tertiary/aromatic N) is 1. The smallest absolute Gasteiger partial charge is 0.267 e. The number of unbranched alkanes of at least 4 members (excludes halogenated alkanes) is 1. The minimum absolute atomic E-state index is 0.0180. The summed E-state index contributed by atoms with van der Waals surface area (Å²) in [7, 11) is -3.84. The average molecular weight is 382 g/mol. The molecule has 3 N–H and O–H groups in total. The molecule has 1 aromatic carbocycles. The lowest BCUT2D eigenvalue weighted by Crippen LogP contribution is -2.16. The van der Waals surface area contributed by atoms with E-state index in [1.54, 1.807) is 13.8 Å². The number of primary sulfonamides is 1. The summed E-state index contributed by atoms with van der Waals surface area (Å²) >= 11 is 1.38. The molecule has 2 rings (SSSR count). The largest absolute Gasteiger partial charge is 0.321 e. The number of amides is 1. The predicted molar refractivity (Wildman–Crippen MR) is 101 cm³/mol. The van der Waals surface area contributed by atoms with Crippen LogP contribution in [0.4, 0.5) is 5.69 Å². The highest BCUT2D eigenvalue weighted by atomic mass is 32.2. The van der Waals surface area contributed by atoms with Crippen molar-refractivity contribution in [3.63, 3.8) is 0 Å². The molecule has 1 heterocycles. The van der Waals surface area contributed by atoms with Crippen molar-refractivity contribution in [1.29, 1.82) is 0 Å². The maximum atomic E-state index is 12.6. The van der Waals surface area contributed by atoms with Crippen LogP contribution < -0.4 is 10.5 Å². The summed E-state index contributed by atoms with van der Waals surface area (Å²) in [4.78, 5) is 17.6. The lowest BCUT2D eigenvalue weighted by atomic mass is 10.1. The first-order chi connectivity index (χ1) is 11.6. The van der Waals surface area contributed by atoms with Gasteiger partial charge in [0.1, 0.15) is 4.88 Å². The molecule has 0 spiro atoms. The van der Waals surface area contributed by atoms with E-state index < -0.39 is 10.0 Å². The van der Waals surface area contributed by atoms with E-state index in [0.29, 0.717) is 16.3 Å². The number of rotatable bonds is 6. The fourth-order valence-electron chi connectivity index (χ4n) is 2.40. The summed E-state index contributed by atoms with van der Waals surface area (Å²) in [6, 6.07) is 2.89. The second kappa shape index (κ2) is 7.63. The Morgan fingerprint density at radius 1 is 1.28 bits per heavy atom. The summed E-state index contributed by atoms with van der Waals surface area (Å²) in [6.45, 7) is 7.52. The monoisotopic (exact) mass is 381 g/mol. The van der Waals surface area contributed by atoms with Gasteiger partial charge in [-0.05, 0) is 56.9 Å². The summed E-state index contributed by atoms with van der Waals surface area (Å²) in [5.41, 5.74) is 2.67. The number of carbonyl (C=O) groups excluding carboxylic acids is 1. The highest BCUT2D eigenvalue weighted by molar-refractivity contribution is 7.89. The number of sulfonamides is 1. The fourth-order valence-corrected chi connectivity index (χ4v) is 4.02. The number of aryl methyl sites for hydroxylation is 3. The summed E-state index contributed by atoms with van der Waals surface area (Å²) < 4.78 is 23.2. The van der Waals surface area contributed by atoms with Gasteiger partial charge in [-0.15, -0.1) is 11.3 Å². The second-order valence-electron chi connectivity index (χ2n) is 6.04. The summed E-state index contributed by atoms with van der Waals surface area (Å²) in [5.74, 6) is -0.285. The van der Waals surface area contributed by atoms with Crippen LogP contribution in [-0.4, -0.2) is 19.3 Å². The van der Waals surface area contributed by atoms with E-state index >= 15 is 0 Å². The maximum absolute atomic E-state index is 12.6. The number of anilines is 1. The molecule has 0 fully saturated rings. The Morgan fingerprint density at radius 3 is 2.56 bits per heavy atom. The Kier molecular flexibility index (Phi) is 5.97. The number of nitrogens with one attached hydrogen (secondary N) is 1. The van der Waals surface area contributed by atoms with Crippen molar-refractivity contribution in [2.75, 3.05) is 5.32 Å². The van der Waals surface area contributed by atoms with Gasteiger partial charge in [0.05, 0.1) is 15.6 Å². The molecule has 0 aliphatic heterocycles. The van der Waals surface area contributed by atoms with Gasteiger partial charge in [-0.3, -0.25) is 4.79 Å². The standard InChI is InChI=1S/C17H23N3O3S2/c1-5-6-7-15-19-12(4)16(24-15)17(21)20-14-9-13(25(18,22)23)8-10(2)11(14)3/h8-9H,5-7H2,1-4H3,(H,20,21)(H2,18,22,23). The summed E-state index contributed by atoms with van der Waals surface area (Å²) in [5, 5.41) is 8.95. The maximum Gasteiger partial charge on any atom is 0.267 e. The van der Waals surface area contributed by atoms with E-state index in [1.807, 2.05) is 6.92 Å². The predicted octanol–water partition coefficient (Wildman–Crippen LogP) is 3.31. The van der Waals surface area contributed by atoms with Crippen molar-refractivity contribution in [2.24, 2.45) is 5.14 Å². The van der Waals surface area contributed by atoms with Gasteiger partial charge in [0.15, 0.2) is 0 Å². The zero-order valence-electron chi connectivity index (χ0n) is 14.8. The molecule has 0 atom stereocenters. The Hall–Kier alpha value is -1.77. The molecule has 0 radical (unpaired) electrons. The van der Waals surface area contributed by atoms with E-state index in [1.165, 1.54) is 23.5 Å². The Labute approximate surface area is 152 Å². The quantitative estimate of drug-likeness (QED) is 0.801. The van der Waals surface area contributed by atoms with Crippen LogP contribution in [0.25, 0.3) is 0 Å². The minimum atomic E-state index is -3.84. The molecule has 0 unspecified atom stereocenters. The first-order valence-corrected chi connectivity index (χ1v) is 10.4. The molecule has 0 aliphatic carbocycles. The van der Waals surface area contributed by atoms with Gasteiger partial charge < -0.3 is 5.32 Å². The van der Waals surface area contributed by atoms with E-state index in [2.05, 4.69) is 17.2 Å². The van der Waals surface area contributed by atoms with E-state index in [-0.39, 0.29) is 10.8 Å². The molecule has 0 saturated carbocycles. The Bertz CT molecular complexity index is 902. The number of hydrogen-bond donors (Lipinski definition) is 2. The second-order valence-corrected chi connectivity index (χ2v) is 8.68. The zero-order valence-corrected chi connectivity index (χ0v) is 16.5. The molecule has 0 bridgehead atoms. The van der Waals surface area contributed by atoms with Crippen molar-refractivity contribution in [3.8, 4) is 0 Å². The minimum Gasteiger partial charge on any atom is -0.321 e. The number of carbonyl (C=O) groups is 1. The van der Waals surface area contributed by atoms with Crippen LogP contribution in [-0.2, 0) is 16.4 Å². The molecular formula is C17H23N3O3S2. The van der Waals surface area contributed by atoms with Crippen LogP contribution in [0.1, 0.15) is 51.3 Å².